The van der Waals surface area contributed by atoms with Crippen molar-refractivity contribution in [2.45, 2.75) is 6.42 Å². The summed E-state index contributed by atoms with van der Waals surface area (Å²) in [5.41, 5.74) is 2.37. The van der Waals surface area contributed by atoms with Crippen molar-refractivity contribution in [2.75, 3.05) is 18.5 Å². The average molecular weight is 367 g/mol. The van der Waals surface area contributed by atoms with E-state index in [-0.39, 0.29) is 5.91 Å². The minimum atomic E-state index is -0.242. The van der Waals surface area contributed by atoms with E-state index in [4.69, 9.17) is 11.6 Å². The summed E-state index contributed by atoms with van der Waals surface area (Å²) in [6.07, 6.45) is 0.703. The largest absolute Gasteiger partial charge is 0.350 e. The number of nitrogens with zero attached hydrogens (tertiary/aromatic N) is 3. The molecule has 0 bridgehead atoms. The van der Waals surface area contributed by atoms with Gasteiger partial charge in [0, 0.05) is 24.3 Å². The molecule has 1 N–H and O–H groups in total. The zero-order valence-corrected chi connectivity index (χ0v) is 15.1. The van der Waals surface area contributed by atoms with E-state index in [1.165, 1.54) is 0 Å². The molecule has 0 aliphatic carbocycles. The second kappa shape index (κ2) is 8.45. The van der Waals surface area contributed by atoms with E-state index in [1.807, 2.05) is 66.5 Å². The third-order valence-electron chi connectivity index (χ3n) is 3.96. The zero-order chi connectivity index (χ0) is 18.4. The third kappa shape index (κ3) is 4.58. The first-order chi connectivity index (χ1) is 12.6. The van der Waals surface area contributed by atoms with Crippen LogP contribution in [0.5, 0.6) is 0 Å². The normalized spacial score (nSPS) is 10.4. The van der Waals surface area contributed by atoms with Crippen LogP contribution in [0.1, 0.15) is 16.1 Å². The van der Waals surface area contributed by atoms with Crippen molar-refractivity contribution < 1.29 is 4.79 Å². The van der Waals surface area contributed by atoms with Gasteiger partial charge in [-0.1, -0.05) is 41.9 Å². The Morgan fingerprint density at radius 2 is 1.85 bits per heavy atom. The van der Waals surface area contributed by atoms with Crippen LogP contribution in [0, 0.1) is 0 Å². The van der Waals surface area contributed by atoms with Crippen molar-refractivity contribution in [3.63, 3.8) is 0 Å². The summed E-state index contributed by atoms with van der Waals surface area (Å²) < 4.78 is 0. The van der Waals surface area contributed by atoms with Gasteiger partial charge in [-0.05, 0) is 48.4 Å². The molecule has 26 heavy (non-hydrogen) atoms. The summed E-state index contributed by atoms with van der Waals surface area (Å²) >= 11 is 5.96. The SMILES string of the molecule is CN(c1ccccc1)c1ccc(C(=O)NCCc2cccc(Cl)c2)nn1. The number of anilines is 2. The van der Waals surface area contributed by atoms with Gasteiger partial charge < -0.3 is 10.2 Å². The maximum atomic E-state index is 12.2. The fourth-order valence-corrected chi connectivity index (χ4v) is 2.73. The van der Waals surface area contributed by atoms with Gasteiger partial charge in [0.25, 0.3) is 5.91 Å². The molecule has 0 saturated heterocycles. The minimum absolute atomic E-state index is 0.242. The third-order valence-corrected chi connectivity index (χ3v) is 4.19. The standard InChI is InChI=1S/C20H19ClN4O/c1-25(17-8-3-2-4-9-17)19-11-10-18(23-24-19)20(26)22-13-12-15-6-5-7-16(21)14-15/h2-11,14H,12-13H2,1H3,(H,22,26). The number of carbonyl (C=O) groups excluding carboxylic acids is 1. The maximum Gasteiger partial charge on any atom is 0.271 e. The highest BCUT2D eigenvalue weighted by Crippen LogP contribution is 2.20. The Morgan fingerprint density at radius 3 is 2.54 bits per heavy atom. The summed E-state index contributed by atoms with van der Waals surface area (Å²) in [4.78, 5) is 14.1. The molecule has 3 rings (SSSR count). The number of aromatic nitrogens is 2. The van der Waals surface area contributed by atoms with Crippen molar-refractivity contribution in [2.24, 2.45) is 0 Å². The Labute approximate surface area is 157 Å². The van der Waals surface area contributed by atoms with Crippen LogP contribution in [0.3, 0.4) is 0 Å². The van der Waals surface area contributed by atoms with Crippen LogP contribution in [0.25, 0.3) is 0 Å². The average Bonchev–Trinajstić information content (AvgIpc) is 2.68. The quantitative estimate of drug-likeness (QED) is 0.719. The summed E-state index contributed by atoms with van der Waals surface area (Å²) in [6, 6.07) is 20.9. The molecule has 1 aromatic heterocycles. The van der Waals surface area contributed by atoms with Gasteiger partial charge in [-0.3, -0.25) is 4.79 Å². The van der Waals surface area contributed by atoms with Gasteiger partial charge in [0.05, 0.1) is 0 Å². The lowest BCUT2D eigenvalue weighted by Crippen LogP contribution is -2.27. The lowest BCUT2D eigenvalue weighted by Gasteiger charge is -2.17. The minimum Gasteiger partial charge on any atom is -0.350 e. The Balaban J connectivity index is 1.57. The van der Waals surface area contributed by atoms with Crippen LogP contribution in [-0.2, 0) is 6.42 Å². The smallest absolute Gasteiger partial charge is 0.271 e. The molecular formula is C20H19ClN4O. The number of rotatable bonds is 6. The van der Waals surface area contributed by atoms with Crippen molar-refractivity contribution in [1.29, 1.82) is 0 Å². The van der Waals surface area contributed by atoms with Crippen LogP contribution >= 0.6 is 11.6 Å². The first-order valence-corrected chi connectivity index (χ1v) is 8.66. The molecule has 0 saturated carbocycles. The first-order valence-electron chi connectivity index (χ1n) is 8.28. The van der Waals surface area contributed by atoms with Gasteiger partial charge in [0.2, 0.25) is 0 Å². The van der Waals surface area contributed by atoms with Crippen LogP contribution in [0.15, 0.2) is 66.7 Å². The van der Waals surface area contributed by atoms with E-state index in [9.17, 15) is 4.79 Å². The van der Waals surface area contributed by atoms with Gasteiger partial charge in [-0.15, -0.1) is 10.2 Å². The van der Waals surface area contributed by atoms with Gasteiger partial charge in [0.1, 0.15) is 0 Å². The van der Waals surface area contributed by atoms with E-state index in [0.29, 0.717) is 29.5 Å². The predicted octanol–water partition coefficient (Wildman–Crippen LogP) is 3.87. The molecule has 5 nitrogen and oxygen atoms in total. The summed E-state index contributed by atoms with van der Waals surface area (Å²) in [7, 11) is 1.91. The van der Waals surface area contributed by atoms with E-state index in [2.05, 4.69) is 15.5 Å². The Kier molecular flexibility index (Phi) is 5.81. The molecule has 0 unspecified atom stereocenters. The molecule has 0 aliphatic rings. The van der Waals surface area contributed by atoms with Crippen LogP contribution in [0.2, 0.25) is 5.02 Å². The maximum absolute atomic E-state index is 12.2. The van der Waals surface area contributed by atoms with Crippen LogP contribution in [0.4, 0.5) is 11.5 Å². The number of halogens is 1. The second-order valence-corrected chi connectivity index (χ2v) is 6.24. The Hall–Kier alpha value is -2.92. The summed E-state index contributed by atoms with van der Waals surface area (Å²) in [5, 5.41) is 11.7. The number of nitrogens with one attached hydrogen (secondary N) is 1. The molecule has 3 aromatic rings. The number of hydrogen-bond acceptors (Lipinski definition) is 4. The second-order valence-electron chi connectivity index (χ2n) is 5.81. The molecule has 6 heteroatoms. The number of hydrogen-bond donors (Lipinski definition) is 1. The van der Waals surface area contributed by atoms with Crippen molar-refractivity contribution >= 4 is 29.0 Å². The van der Waals surface area contributed by atoms with E-state index in [0.717, 1.165) is 11.3 Å². The number of amides is 1. The summed E-state index contributed by atoms with van der Waals surface area (Å²) in [6.45, 7) is 0.506. The lowest BCUT2D eigenvalue weighted by atomic mass is 10.1. The first kappa shape index (κ1) is 17.9. The summed E-state index contributed by atoms with van der Waals surface area (Å²) in [5.74, 6) is 0.431. The van der Waals surface area contributed by atoms with Gasteiger partial charge >= 0.3 is 0 Å². The van der Waals surface area contributed by atoms with Crippen LogP contribution in [-0.4, -0.2) is 29.7 Å². The fraction of sp³-hybridized carbons (Fsp3) is 0.150. The molecule has 0 spiro atoms. The molecular weight excluding hydrogens is 348 g/mol. The Bertz CT molecular complexity index is 868. The highest BCUT2D eigenvalue weighted by atomic mass is 35.5. The topological polar surface area (TPSA) is 58.1 Å². The van der Waals surface area contributed by atoms with Gasteiger partial charge in [0.15, 0.2) is 11.5 Å². The fourth-order valence-electron chi connectivity index (χ4n) is 2.51. The number of carbonyl (C=O) groups is 1. The monoisotopic (exact) mass is 366 g/mol. The predicted molar refractivity (Wildman–Crippen MR) is 104 cm³/mol. The lowest BCUT2D eigenvalue weighted by molar-refractivity contribution is 0.0948. The molecule has 0 aliphatic heterocycles. The van der Waals surface area contributed by atoms with E-state index in [1.54, 1.807) is 12.1 Å². The van der Waals surface area contributed by atoms with E-state index >= 15 is 0 Å². The molecule has 0 atom stereocenters. The van der Waals surface area contributed by atoms with Gasteiger partial charge in [-0.25, -0.2) is 0 Å². The zero-order valence-electron chi connectivity index (χ0n) is 14.4. The van der Waals surface area contributed by atoms with Crippen molar-refractivity contribution in [1.82, 2.24) is 15.5 Å². The van der Waals surface area contributed by atoms with Gasteiger partial charge in [-0.2, -0.15) is 0 Å². The molecule has 2 aromatic carbocycles. The number of para-hydroxylation sites is 1. The molecule has 0 fully saturated rings. The Morgan fingerprint density at radius 1 is 1.04 bits per heavy atom. The molecule has 1 heterocycles. The highest BCUT2D eigenvalue weighted by Gasteiger charge is 2.10. The van der Waals surface area contributed by atoms with E-state index < -0.39 is 0 Å². The molecule has 1 amide bonds. The van der Waals surface area contributed by atoms with Crippen molar-refractivity contribution in [3.8, 4) is 0 Å². The highest BCUT2D eigenvalue weighted by molar-refractivity contribution is 6.30. The molecule has 0 radical (unpaired) electrons. The molecule has 132 valence electrons. The van der Waals surface area contributed by atoms with Crippen molar-refractivity contribution in [3.05, 3.63) is 83.0 Å². The number of benzene rings is 2. The van der Waals surface area contributed by atoms with Crippen LogP contribution < -0.4 is 10.2 Å².